The Labute approximate surface area is 121 Å². The van der Waals surface area contributed by atoms with Crippen molar-refractivity contribution >= 4 is 22.8 Å². The zero-order chi connectivity index (χ0) is 13.9. The van der Waals surface area contributed by atoms with Gasteiger partial charge in [-0.1, -0.05) is 66.4 Å². The van der Waals surface area contributed by atoms with Crippen LogP contribution in [0.3, 0.4) is 0 Å². The first-order chi connectivity index (χ1) is 9.75. The fourth-order valence-corrected chi connectivity index (χ4v) is 3.27. The van der Waals surface area contributed by atoms with E-state index in [1.807, 2.05) is 48.5 Å². The first-order valence-electron chi connectivity index (χ1n) is 6.37. The molecule has 0 bridgehead atoms. The largest absolute Gasteiger partial charge is 0.351 e. The zero-order valence-corrected chi connectivity index (χ0v) is 11.5. The minimum atomic E-state index is -0.428. The predicted octanol–water partition coefficient (Wildman–Crippen LogP) is 2.93. The fourth-order valence-electron chi connectivity index (χ4n) is 2.22. The number of rotatable bonds is 3. The highest BCUT2D eigenvalue weighted by Crippen LogP contribution is 2.41. The summed E-state index contributed by atoms with van der Waals surface area (Å²) in [6.07, 6.45) is 0. The van der Waals surface area contributed by atoms with Gasteiger partial charge in [-0.25, -0.2) is 0 Å². The van der Waals surface area contributed by atoms with Gasteiger partial charge in [-0.3, -0.25) is 9.59 Å². The van der Waals surface area contributed by atoms with Gasteiger partial charge in [0, 0.05) is 12.1 Å². The van der Waals surface area contributed by atoms with Crippen molar-refractivity contribution in [2.75, 3.05) is 0 Å². The molecule has 3 nitrogen and oxygen atoms in total. The Hall–Kier alpha value is -2.07. The monoisotopic (exact) mass is 283 g/mol. The lowest BCUT2D eigenvalue weighted by Crippen LogP contribution is -2.26. The third-order valence-corrected chi connectivity index (χ3v) is 4.37. The van der Waals surface area contributed by atoms with Crippen molar-refractivity contribution < 1.29 is 9.59 Å². The van der Waals surface area contributed by atoms with Gasteiger partial charge in [0.05, 0.1) is 0 Å². The summed E-state index contributed by atoms with van der Waals surface area (Å²) in [5.41, 5.74) is 2.51. The smallest absolute Gasteiger partial charge is 0.238 e. The fraction of sp³-hybridized carbons (Fsp3) is 0.125. The Morgan fingerprint density at radius 1 is 1.05 bits per heavy atom. The maximum absolute atomic E-state index is 12.2. The zero-order valence-electron chi connectivity index (χ0n) is 10.7. The molecule has 4 heteroatoms. The third-order valence-electron chi connectivity index (χ3n) is 3.24. The molecule has 0 fully saturated rings. The second-order valence-corrected chi connectivity index (χ2v) is 5.65. The Bertz CT molecular complexity index is 655. The molecule has 1 unspecified atom stereocenters. The molecule has 1 atom stereocenters. The van der Waals surface area contributed by atoms with Crippen LogP contribution in [0, 0.1) is 0 Å². The molecule has 100 valence electrons. The SMILES string of the molecule is O=C1SC(C(=O)NCc2ccccc2)c2ccccc21. The van der Waals surface area contributed by atoms with Crippen molar-refractivity contribution in [3.05, 3.63) is 71.3 Å². The van der Waals surface area contributed by atoms with Gasteiger partial charge in [-0.2, -0.15) is 0 Å². The lowest BCUT2D eigenvalue weighted by molar-refractivity contribution is -0.120. The molecule has 0 saturated carbocycles. The van der Waals surface area contributed by atoms with Crippen LogP contribution in [-0.4, -0.2) is 11.0 Å². The van der Waals surface area contributed by atoms with Crippen LogP contribution in [0.2, 0.25) is 0 Å². The summed E-state index contributed by atoms with van der Waals surface area (Å²) in [7, 11) is 0. The number of carbonyl (C=O) groups is 2. The van der Waals surface area contributed by atoms with Gasteiger partial charge in [0.25, 0.3) is 0 Å². The molecule has 0 spiro atoms. The molecule has 2 aromatic rings. The van der Waals surface area contributed by atoms with E-state index in [2.05, 4.69) is 5.32 Å². The Morgan fingerprint density at radius 3 is 2.55 bits per heavy atom. The van der Waals surface area contributed by atoms with Gasteiger partial charge in [0.1, 0.15) is 5.25 Å². The highest BCUT2D eigenvalue weighted by atomic mass is 32.2. The van der Waals surface area contributed by atoms with Crippen molar-refractivity contribution in [2.24, 2.45) is 0 Å². The van der Waals surface area contributed by atoms with Crippen molar-refractivity contribution in [3.63, 3.8) is 0 Å². The minimum Gasteiger partial charge on any atom is -0.351 e. The first-order valence-corrected chi connectivity index (χ1v) is 7.25. The van der Waals surface area contributed by atoms with Crippen molar-refractivity contribution in [2.45, 2.75) is 11.8 Å². The molecule has 2 aromatic carbocycles. The van der Waals surface area contributed by atoms with Crippen LogP contribution in [0.25, 0.3) is 0 Å². The third kappa shape index (κ3) is 2.47. The molecule has 0 saturated heterocycles. The second-order valence-electron chi connectivity index (χ2n) is 4.58. The number of hydrogen-bond acceptors (Lipinski definition) is 3. The van der Waals surface area contributed by atoms with Crippen LogP contribution in [0.4, 0.5) is 0 Å². The van der Waals surface area contributed by atoms with Crippen LogP contribution in [0.15, 0.2) is 54.6 Å². The normalized spacial score (nSPS) is 16.8. The molecule has 0 aromatic heterocycles. The van der Waals surface area contributed by atoms with Crippen LogP contribution in [0.1, 0.15) is 26.7 Å². The van der Waals surface area contributed by atoms with Crippen molar-refractivity contribution in [1.29, 1.82) is 0 Å². The molecule has 1 amide bonds. The molecule has 20 heavy (non-hydrogen) atoms. The number of hydrogen-bond donors (Lipinski definition) is 1. The van der Waals surface area contributed by atoms with E-state index in [0.29, 0.717) is 12.1 Å². The predicted molar refractivity (Wildman–Crippen MR) is 79.4 cm³/mol. The summed E-state index contributed by atoms with van der Waals surface area (Å²) in [6, 6.07) is 17.0. The standard InChI is InChI=1S/C16H13NO2S/c18-15(17-10-11-6-2-1-3-7-11)14-12-8-4-5-9-13(12)16(19)20-14/h1-9,14H,10H2,(H,17,18). The van der Waals surface area contributed by atoms with Crippen LogP contribution < -0.4 is 5.32 Å². The van der Waals surface area contributed by atoms with Gasteiger partial charge >= 0.3 is 0 Å². The van der Waals surface area contributed by atoms with E-state index in [1.54, 1.807) is 6.07 Å². The molecule has 1 heterocycles. The Kier molecular flexibility index (Phi) is 3.56. The van der Waals surface area contributed by atoms with Crippen LogP contribution >= 0.6 is 11.8 Å². The number of amides is 1. The molecular formula is C16H13NO2S. The van der Waals surface area contributed by atoms with E-state index < -0.39 is 5.25 Å². The van der Waals surface area contributed by atoms with Crippen LogP contribution in [-0.2, 0) is 11.3 Å². The minimum absolute atomic E-state index is 0.0274. The van der Waals surface area contributed by atoms with Crippen molar-refractivity contribution in [1.82, 2.24) is 5.32 Å². The van der Waals surface area contributed by atoms with E-state index in [1.165, 1.54) is 0 Å². The van der Waals surface area contributed by atoms with Crippen LogP contribution in [0.5, 0.6) is 0 Å². The highest BCUT2D eigenvalue weighted by Gasteiger charge is 2.34. The molecule has 0 radical (unpaired) electrons. The topological polar surface area (TPSA) is 46.2 Å². The summed E-state index contributed by atoms with van der Waals surface area (Å²) in [5, 5.41) is 2.43. The highest BCUT2D eigenvalue weighted by molar-refractivity contribution is 8.15. The molecule has 3 rings (SSSR count). The number of fused-ring (bicyclic) bond motifs is 1. The maximum atomic E-state index is 12.2. The van der Waals surface area contributed by atoms with E-state index >= 15 is 0 Å². The van der Waals surface area contributed by atoms with Gasteiger partial charge in [0.15, 0.2) is 0 Å². The molecule has 1 aliphatic rings. The molecular weight excluding hydrogens is 270 g/mol. The van der Waals surface area contributed by atoms with E-state index in [0.717, 1.165) is 22.9 Å². The lowest BCUT2D eigenvalue weighted by atomic mass is 10.1. The Morgan fingerprint density at radius 2 is 1.75 bits per heavy atom. The van der Waals surface area contributed by atoms with E-state index in [-0.39, 0.29) is 11.0 Å². The molecule has 0 aliphatic carbocycles. The maximum Gasteiger partial charge on any atom is 0.238 e. The first kappa shape index (κ1) is 12.9. The summed E-state index contributed by atoms with van der Waals surface area (Å²) in [4.78, 5) is 24.1. The quantitative estimate of drug-likeness (QED) is 0.942. The van der Waals surface area contributed by atoms with Gasteiger partial charge < -0.3 is 5.32 Å². The summed E-state index contributed by atoms with van der Waals surface area (Å²) in [6.45, 7) is 0.479. The second kappa shape index (κ2) is 5.51. The average Bonchev–Trinajstić information content (AvgIpc) is 2.84. The number of thioether (sulfide) groups is 1. The number of carbonyl (C=O) groups excluding carboxylic acids is 2. The van der Waals surface area contributed by atoms with Crippen molar-refractivity contribution in [3.8, 4) is 0 Å². The average molecular weight is 283 g/mol. The molecule has 1 N–H and O–H groups in total. The molecule has 1 aliphatic heterocycles. The lowest BCUT2D eigenvalue weighted by Gasteiger charge is -2.10. The Balaban J connectivity index is 1.71. The summed E-state index contributed by atoms with van der Waals surface area (Å²) in [5.74, 6) is -0.114. The van der Waals surface area contributed by atoms with Gasteiger partial charge in [-0.15, -0.1) is 0 Å². The van der Waals surface area contributed by atoms with Gasteiger partial charge in [0.2, 0.25) is 11.0 Å². The number of benzene rings is 2. The number of nitrogens with one attached hydrogen (secondary N) is 1. The van der Waals surface area contributed by atoms with E-state index in [4.69, 9.17) is 0 Å². The van der Waals surface area contributed by atoms with E-state index in [9.17, 15) is 9.59 Å². The summed E-state index contributed by atoms with van der Waals surface area (Å²) < 4.78 is 0. The summed E-state index contributed by atoms with van der Waals surface area (Å²) >= 11 is 1.09. The van der Waals surface area contributed by atoms with Gasteiger partial charge in [-0.05, 0) is 11.1 Å².